The Labute approximate surface area is 106 Å². The summed E-state index contributed by atoms with van der Waals surface area (Å²) in [4.78, 5) is 0. The highest BCUT2D eigenvalue weighted by Crippen LogP contribution is 2.20. The molecule has 2 rings (SSSR count). The molecule has 1 aromatic rings. The van der Waals surface area contributed by atoms with Crippen LogP contribution >= 0.6 is 0 Å². The molecule has 6 nitrogen and oxygen atoms in total. The van der Waals surface area contributed by atoms with Crippen LogP contribution in [0.4, 0.5) is 5.69 Å². The lowest BCUT2D eigenvalue weighted by atomic mass is 10.1. The summed E-state index contributed by atoms with van der Waals surface area (Å²) in [5, 5.41) is 11.7. The number of hydrogen-bond acceptors (Lipinski definition) is 4. The van der Waals surface area contributed by atoms with Crippen molar-refractivity contribution in [2.75, 3.05) is 4.72 Å². The van der Waals surface area contributed by atoms with Crippen LogP contribution in [0.3, 0.4) is 0 Å². The van der Waals surface area contributed by atoms with Crippen molar-refractivity contribution in [2.45, 2.75) is 25.8 Å². The van der Waals surface area contributed by atoms with Crippen molar-refractivity contribution in [1.29, 1.82) is 0 Å². The van der Waals surface area contributed by atoms with Crippen LogP contribution in [0.1, 0.15) is 25.3 Å². The Kier molecular flexibility index (Phi) is 3.53. The van der Waals surface area contributed by atoms with E-state index >= 15 is 0 Å². The normalized spacial score (nSPS) is 16.6. The van der Waals surface area contributed by atoms with E-state index < -0.39 is 10.2 Å². The predicted molar refractivity (Wildman–Crippen MR) is 69.1 cm³/mol. The van der Waals surface area contributed by atoms with Crippen molar-refractivity contribution in [3.8, 4) is 0 Å². The van der Waals surface area contributed by atoms with Gasteiger partial charge in [0, 0.05) is 11.7 Å². The SMILES string of the molecule is C/C(=N/O)c1ccc(NS(=O)(=O)NC2CC2)cc1. The van der Waals surface area contributed by atoms with Crippen molar-refractivity contribution < 1.29 is 13.6 Å². The monoisotopic (exact) mass is 269 g/mol. The summed E-state index contributed by atoms with van der Waals surface area (Å²) in [5.74, 6) is 0. The minimum absolute atomic E-state index is 0.0746. The van der Waals surface area contributed by atoms with Crippen LogP contribution in [0.5, 0.6) is 0 Å². The molecule has 18 heavy (non-hydrogen) atoms. The number of nitrogens with zero attached hydrogens (tertiary/aromatic N) is 1. The molecule has 0 spiro atoms. The minimum Gasteiger partial charge on any atom is -0.411 e. The van der Waals surface area contributed by atoms with E-state index in [1.807, 2.05) is 0 Å². The molecule has 0 heterocycles. The molecule has 0 bridgehead atoms. The van der Waals surface area contributed by atoms with E-state index in [9.17, 15) is 8.42 Å². The molecule has 1 aliphatic carbocycles. The highest BCUT2D eigenvalue weighted by molar-refractivity contribution is 7.90. The maximum atomic E-state index is 11.6. The molecule has 7 heteroatoms. The van der Waals surface area contributed by atoms with Crippen LogP contribution in [-0.4, -0.2) is 25.4 Å². The van der Waals surface area contributed by atoms with Gasteiger partial charge in [0.25, 0.3) is 10.2 Å². The Bertz CT molecular complexity index is 547. The molecule has 98 valence electrons. The van der Waals surface area contributed by atoms with E-state index in [1.54, 1.807) is 31.2 Å². The van der Waals surface area contributed by atoms with Crippen LogP contribution in [0.15, 0.2) is 29.4 Å². The Morgan fingerprint density at radius 2 is 1.94 bits per heavy atom. The van der Waals surface area contributed by atoms with Crippen LogP contribution in [0.2, 0.25) is 0 Å². The van der Waals surface area contributed by atoms with Crippen LogP contribution in [0.25, 0.3) is 0 Å². The summed E-state index contributed by atoms with van der Waals surface area (Å²) in [6.45, 7) is 1.66. The van der Waals surface area contributed by atoms with Crippen molar-refractivity contribution >= 4 is 21.6 Å². The average molecular weight is 269 g/mol. The first-order chi connectivity index (χ1) is 8.50. The number of benzene rings is 1. The molecule has 1 saturated carbocycles. The molecule has 0 unspecified atom stereocenters. The number of nitrogens with one attached hydrogen (secondary N) is 2. The fraction of sp³-hybridized carbons (Fsp3) is 0.364. The van der Waals surface area contributed by atoms with E-state index in [0.29, 0.717) is 11.4 Å². The van der Waals surface area contributed by atoms with Gasteiger partial charge in [-0.3, -0.25) is 4.72 Å². The minimum atomic E-state index is -3.49. The first-order valence-electron chi connectivity index (χ1n) is 5.59. The Balaban J connectivity index is 2.05. The van der Waals surface area contributed by atoms with E-state index in [2.05, 4.69) is 14.6 Å². The van der Waals surface area contributed by atoms with E-state index in [0.717, 1.165) is 18.4 Å². The summed E-state index contributed by atoms with van der Waals surface area (Å²) in [6.07, 6.45) is 1.79. The van der Waals surface area contributed by atoms with E-state index in [4.69, 9.17) is 5.21 Å². The molecule has 1 aliphatic rings. The van der Waals surface area contributed by atoms with Gasteiger partial charge >= 0.3 is 0 Å². The summed E-state index contributed by atoms with van der Waals surface area (Å²) >= 11 is 0. The molecular weight excluding hydrogens is 254 g/mol. The third-order valence-electron chi connectivity index (χ3n) is 2.60. The number of anilines is 1. The lowest BCUT2D eigenvalue weighted by Crippen LogP contribution is -2.31. The van der Waals surface area contributed by atoms with Gasteiger partial charge < -0.3 is 5.21 Å². The molecular formula is C11H15N3O3S. The van der Waals surface area contributed by atoms with Crippen molar-refractivity contribution in [3.63, 3.8) is 0 Å². The lowest BCUT2D eigenvalue weighted by molar-refractivity contribution is 0.319. The molecule has 0 atom stereocenters. The smallest absolute Gasteiger partial charge is 0.299 e. The van der Waals surface area contributed by atoms with Crippen LogP contribution in [-0.2, 0) is 10.2 Å². The van der Waals surface area contributed by atoms with Gasteiger partial charge in [0.1, 0.15) is 0 Å². The van der Waals surface area contributed by atoms with Crippen LogP contribution < -0.4 is 9.44 Å². The zero-order valence-corrected chi connectivity index (χ0v) is 10.7. The molecule has 1 aromatic carbocycles. The summed E-state index contributed by atoms with van der Waals surface area (Å²) in [5.41, 5.74) is 1.67. The Morgan fingerprint density at radius 1 is 1.33 bits per heavy atom. The summed E-state index contributed by atoms with van der Waals surface area (Å²) < 4.78 is 28.2. The zero-order chi connectivity index (χ0) is 13.2. The number of rotatable bonds is 5. The fourth-order valence-electron chi connectivity index (χ4n) is 1.44. The van der Waals surface area contributed by atoms with Gasteiger partial charge in [-0.25, -0.2) is 0 Å². The second kappa shape index (κ2) is 4.95. The third kappa shape index (κ3) is 3.44. The maximum absolute atomic E-state index is 11.6. The fourth-order valence-corrected chi connectivity index (χ4v) is 2.62. The Morgan fingerprint density at radius 3 is 2.44 bits per heavy atom. The second-order valence-corrected chi connectivity index (χ2v) is 5.71. The second-order valence-electron chi connectivity index (χ2n) is 4.26. The van der Waals surface area contributed by atoms with Gasteiger partial charge in [0.05, 0.1) is 5.71 Å². The largest absolute Gasteiger partial charge is 0.411 e. The van der Waals surface area contributed by atoms with Gasteiger partial charge in [0.2, 0.25) is 0 Å². The first-order valence-corrected chi connectivity index (χ1v) is 7.07. The Hall–Kier alpha value is -1.60. The molecule has 0 saturated heterocycles. The first kappa shape index (κ1) is 12.8. The molecule has 0 radical (unpaired) electrons. The van der Waals surface area contributed by atoms with E-state index in [1.165, 1.54) is 0 Å². The molecule has 0 aromatic heterocycles. The van der Waals surface area contributed by atoms with E-state index in [-0.39, 0.29) is 6.04 Å². The van der Waals surface area contributed by atoms with Crippen molar-refractivity contribution in [3.05, 3.63) is 29.8 Å². The molecule has 0 aliphatic heterocycles. The van der Waals surface area contributed by atoms with Gasteiger partial charge in [-0.15, -0.1) is 0 Å². The quantitative estimate of drug-likeness (QED) is 0.427. The standard InChI is InChI=1S/C11H15N3O3S/c1-8(12-15)9-2-4-10(5-3-9)13-18(16,17)14-11-6-7-11/h2-5,11,13-15H,6-7H2,1H3/b12-8-. The average Bonchev–Trinajstić information content (AvgIpc) is 3.11. The van der Waals surface area contributed by atoms with Crippen LogP contribution in [0, 0.1) is 0 Å². The number of hydrogen-bond donors (Lipinski definition) is 3. The van der Waals surface area contributed by atoms with Crippen molar-refractivity contribution in [2.24, 2.45) is 5.16 Å². The third-order valence-corrected chi connectivity index (χ3v) is 3.75. The highest BCUT2D eigenvalue weighted by atomic mass is 32.2. The van der Waals surface area contributed by atoms with Gasteiger partial charge in [-0.05, 0) is 37.5 Å². The topological polar surface area (TPSA) is 90.8 Å². The van der Waals surface area contributed by atoms with Crippen molar-refractivity contribution in [1.82, 2.24) is 4.72 Å². The highest BCUT2D eigenvalue weighted by Gasteiger charge is 2.26. The molecule has 0 amide bonds. The molecule has 3 N–H and O–H groups in total. The summed E-state index contributed by atoms with van der Waals surface area (Å²) in [6, 6.07) is 6.69. The zero-order valence-electron chi connectivity index (χ0n) is 9.92. The predicted octanol–water partition coefficient (Wildman–Crippen LogP) is 1.29. The van der Waals surface area contributed by atoms with Gasteiger partial charge in [0.15, 0.2) is 0 Å². The number of oxime groups is 1. The summed E-state index contributed by atoms with van der Waals surface area (Å²) in [7, 11) is -3.49. The van der Waals surface area contributed by atoms with Gasteiger partial charge in [-0.2, -0.15) is 13.1 Å². The maximum Gasteiger partial charge on any atom is 0.299 e. The molecule has 1 fully saturated rings. The lowest BCUT2D eigenvalue weighted by Gasteiger charge is -2.08. The van der Waals surface area contributed by atoms with Gasteiger partial charge in [-0.1, -0.05) is 17.3 Å².